The molecule has 6 heteroatoms. The van der Waals surface area contributed by atoms with Crippen LogP contribution in [0.5, 0.6) is 0 Å². The van der Waals surface area contributed by atoms with Gasteiger partial charge in [-0.05, 0) is 32.0 Å². The predicted octanol–water partition coefficient (Wildman–Crippen LogP) is 0.343. The largest absolute Gasteiger partial charge is 0.397 e. The number of carbonyl (C=O) groups is 2. The molecule has 1 aliphatic heterocycles. The molecule has 1 aromatic carbocycles. The van der Waals surface area contributed by atoms with Crippen molar-refractivity contribution in [3.05, 3.63) is 23.8 Å². The maximum absolute atomic E-state index is 11.8. The third-order valence-corrected chi connectivity index (χ3v) is 3.44. The van der Waals surface area contributed by atoms with Gasteiger partial charge in [-0.25, -0.2) is 0 Å². The minimum absolute atomic E-state index is 0.0107. The fourth-order valence-corrected chi connectivity index (χ4v) is 2.33. The van der Waals surface area contributed by atoms with E-state index in [1.54, 1.807) is 18.2 Å². The second-order valence-electron chi connectivity index (χ2n) is 4.79. The van der Waals surface area contributed by atoms with Crippen LogP contribution in [0.3, 0.4) is 0 Å². The first-order valence-corrected chi connectivity index (χ1v) is 6.76. The Labute approximate surface area is 118 Å². The first-order valence-electron chi connectivity index (χ1n) is 6.76. The fraction of sp³-hybridized carbons (Fsp3) is 0.429. The van der Waals surface area contributed by atoms with Crippen LogP contribution in [0.15, 0.2) is 18.2 Å². The molecule has 108 valence electrons. The first-order chi connectivity index (χ1) is 9.54. The Balaban J connectivity index is 2.25. The molecule has 4 N–H and O–H groups in total. The molecule has 0 aliphatic carbocycles. The molecular weight excluding hydrogens is 256 g/mol. The van der Waals surface area contributed by atoms with Crippen molar-refractivity contribution in [3.63, 3.8) is 0 Å². The minimum atomic E-state index is -0.263. The molecule has 1 fully saturated rings. The number of hydrogen-bond acceptors (Lipinski definition) is 4. The van der Waals surface area contributed by atoms with E-state index in [1.165, 1.54) is 0 Å². The zero-order chi connectivity index (χ0) is 14.7. The molecule has 0 spiro atoms. The van der Waals surface area contributed by atoms with Crippen molar-refractivity contribution in [2.75, 3.05) is 30.3 Å². The molecule has 0 radical (unpaired) electrons. The van der Waals surface area contributed by atoms with Crippen molar-refractivity contribution in [2.24, 2.45) is 0 Å². The van der Waals surface area contributed by atoms with Crippen LogP contribution in [0.1, 0.15) is 24.2 Å². The molecule has 0 saturated carbocycles. The molecule has 2 amide bonds. The summed E-state index contributed by atoms with van der Waals surface area (Å²) in [7, 11) is 0. The Morgan fingerprint density at radius 1 is 1.55 bits per heavy atom. The van der Waals surface area contributed by atoms with Crippen LogP contribution in [0.25, 0.3) is 0 Å². The number of carbonyl (C=O) groups excluding carboxylic acids is 2. The van der Waals surface area contributed by atoms with Crippen LogP contribution < -0.4 is 21.3 Å². The van der Waals surface area contributed by atoms with E-state index in [4.69, 9.17) is 5.73 Å². The number of rotatable bonds is 3. The Morgan fingerprint density at radius 3 is 2.95 bits per heavy atom. The van der Waals surface area contributed by atoms with Gasteiger partial charge in [0.15, 0.2) is 0 Å². The molecule has 20 heavy (non-hydrogen) atoms. The number of piperazine rings is 1. The van der Waals surface area contributed by atoms with Gasteiger partial charge in [0.25, 0.3) is 5.91 Å². The quantitative estimate of drug-likeness (QED) is 0.695. The lowest BCUT2D eigenvalue weighted by atomic mass is 10.1. The molecule has 1 aromatic rings. The third-order valence-electron chi connectivity index (χ3n) is 3.44. The van der Waals surface area contributed by atoms with Crippen molar-refractivity contribution in [1.29, 1.82) is 0 Å². The lowest BCUT2D eigenvalue weighted by Crippen LogP contribution is -2.54. The summed E-state index contributed by atoms with van der Waals surface area (Å²) in [6, 6.07) is 4.92. The number of nitrogens with one attached hydrogen (secondary N) is 2. The van der Waals surface area contributed by atoms with Crippen LogP contribution in [0.2, 0.25) is 0 Å². The van der Waals surface area contributed by atoms with E-state index in [9.17, 15) is 9.59 Å². The monoisotopic (exact) mass is 276 g/mol. The molecule has 1 saturated heterocycles. The standard InChI is InChI=1S/C14H20N4O2/c1-3-16-14(20)10-4-5-12(11(15)8-10)18-7-6-17-13(19)9(18)2/h4-5,8-9H,3,6-7,15H2,1-2H3,(H,16,20)(H,17,19). The van der Waals surface area contributed by atoms with E-state index >= 15 is 0 Å². The molecule has 1 atom stereocenters. The molecule has 1 unspecified atom stereocenters. The Bertz CT molecular complexity index is 530. The van der Waals surface area contributed by atoms with E-state index < -0.39 is 0 Å². The molecular formula is C14H20N4O2. The number of anilines is 2. The van der Waals surface area contributed by atoms with Crippen molar-refractivity contribution in [2.45, 2.75) is 19.9 Å². The number of nitrogens with two attached hydrogens (primary N) is 1. The number of hydrogen-bond donors (Lipinski definition) is 3. The van der Waals surface area contributed by atoms with Gasteiger partial charge in [0.1, 0.15) is 6.04 Å². The van der Waals surface area contributed by atoms with Gasteiger partial charge in [0, 0.05) is 25.2 Å². The van der Waals surface area contributed by atoms with Crippen LogP contribution in [-0.4, -0.2) is 37.5 Å². The Kier molecular flexibility index (Phi) is 4.12. The third kappa shape index (κ3) is 2.68. The molecule has 1 aliphatic rings. The topological polar surface area (TPSA) is 87.5 Å². The first kappa shape index (κ1) is 14.2. The summed E-state index contributed by atoms with van der Waals surface area (Å²) in [6.45, 7) is 5.58. The number of benzene rings is 1. The second-order valence-corrected chi connectivity index (χ2v) is 4.79. The van der Waals surface area contributed by atoms with Crippen LogP contribution in [0.4, 0.5) is 11.4 Å². The van der Waals surface area contributed by atoms with Gasteiger partial charge >= 0.3 is 0 Å². The zero-order valence-corrected chi connectivity index (χ0v) is 11.8. The smallest absolute Gasteiger partial charge is 0.251 e. The zero-order valence-electron chi connectivity index (χ0n) is 11.8. The van der Waals surface area contributed by atoms with Gasteiger partial charge in [-0.2, -0.15) is 0 Å². The minimum Gasteiger partial charge on any atom is -0.397 e. The van der Waals surface area contributed by atoms with Crippen molar-refractivity contribution in [1.82, 2.24) is 10.6 Å². The predicted molar refractivity (Wildman–Crippen MR) is 78.7 cm³/mol. The van der Waals surface area contributed by atoms with Gasteiger partial charge < -0.3 is 21.3 Å². The van der Waals surface area contributed by atoms with Gasteiger partial charge in [0.2, 0.25) is 5.91 Å². The molecule has 6 nitrogen and oxygen atoms in total. The van der Waals surface area contributed by atoms with Crippen molar-refractivity contribution >= 4 is 23.2 Å². The highest BCUT2D eigenvalue weighted by atomic mass is 16.2. The van der Waals surface area contributed by atoms with Crippen LogP contribution >= 0.6 is 0 Å². The SMILES string of the molecule is CCNC(=O)c1ccc(N2CCNC(=O)C2C)c(N)c1. The molecule has 2 rings (SSSR count). The molecule has 0 bridgehead atoms. The van der Waals surface area contributed by atoms with Gasteiger partial charge in [-0.15, -0.1) is 0 Å². The number of nitrogen functional groups attached to an aromatic ring is 1. The number of amides is 2. The highest BCUT2D eigenvalue weighted by Crippen LogP contribution is 2.27. The number of nitrogens with zero attached hydrogens (tertiary/aromatic N) is 1. The Morgan fingerprint density at radius 2 is 2.30 bits per heavy atom. The lowest BCUT2D eigenvalue weighted by Gasteiger charge is -2.35. The van der Waals surface area contributed by atoms with E-state index in [-0.39, 0.29) is 17.9 Å². The second kappa shape index (κ2) is 5.81. The van der Waals surface area contributed by atoms with E-state index in [2.05, 4.69) is 10.6 Å². The van der Waals surface area contributed by atoms with Crippen LogP contribution in [0, 0.1) is 0 Å². The summed E-state index contributed by atoms with van der Waals surface area (Å²) in [5.74, 6) is -0.154. The van der Waals surface area contributed by atoms with Crippen LogP contribution in [-0.2, 0) is 4.79 Å². The summed E-state index contributed by atoms with van der Waals surface area (Å²) < 4.78 is 0. The Hall–Kier alpha value is -2.24. The van der Waals surface area contributed by atoms with Gasteiger partial charge in [0.05, 0.1) is 11.4 Å². The van der Waals surface area contributed by atoms with E-state index in [1.807, 2.05) is 18.7 Å². The molecule has 0 aromatic heterocycles. The fourth-order valence-electron chi connectivity index (χ4n) is 2.33. The molecule has 1 heterocycles. The van der Waals surface area contributed by atoms with E-state index in [0.717, 1.165) is 5.69 Å². The highest BCUT2D eigenvalue weighted by Gasteiger charge is 2.26. The summed E-state index contributed by atoms with van der Waals surface area (Å²) in [6.07, 6.45) is 0. The van der Waals surface area contributed by atoms with Gasteiger partial charge in [-0.1, -0.05) is 0 Å². The lowest BCUT2D eigenvalue weighted by molar-refractivity contribution is -0.122. The van der Waals surface area contributed by atoms with Gasteiger partial charge in [-0.3, -0.25) is 9.59 Å². The average molecular weight is 276 g/mol. The average Bonchev–Trinajstić information content (AvgIpc) is 2.42. The summed E-state index contributed by atoms with van der Waals surface area (Å²) in [4.78, 5) is 25.4. The van der Waals surface area contributed by atoms with E-state index in [0.29, 0.717) is 30.9 Å². The maximum Gasteiger partial charge on any atom is 0.251 e. The highest BCUT2D eigenvalue weighted by molar-refractivity contribution is 5.96. The summed E-state index contributed by atoms with van der Waals surface area (Å²) >= 11 is 0. The maximum atomic E-state index is 11.8. The van der Waals surface area contributed by atoms with Crippen molar-refractivity contribution < 1.29 is 9.59 Å². The summed E-state index contributed by atoms with van der Waals surface area (Å²) in [5, 5.41) is 5.54. The normalized spacial score (nSPS) is 18.6. The summed E-state index contributed by atoms with van der Waals surface area (Å²) in [5.41, 5.74) is 7.87. The van der Waals surface area contributed by atoms with Crippen molar-refractivity contribution in [3.8, 4) is 0 Å².